The van der Waals surface area contributed by atoms with E-state index in [1.165, 1.54) is 0 Å². The fraction of sp³-hybridized carbons (Fsp3) is 0.700. The molecule has 0 saturated heterocycles. The van der Waals surface area contributed by atoms with Crippen LogP contribution in [0.3, 0.4) is 0 Å². The summed E-state index contributed by atoms with van der Waals surface area (Å²) in [4.78, 5) is 4.37. The van der Waals surface area contributed by atoms with Gasteiger partial charge in [0.15, 0.2) is 0 Å². The Kier molecular flexibility index (Phi) is 5.45. The van der Waals surface area contributed by atoms with Crippen molar-refractivity contribution in [2.45, 2.75) is 38.6 Å². The molecule has 0 amide bonds. The van der Waals surface area contributed by atoms with E-state index in [-0.39, 0.29) is 0 Å². The highest BCUT2D eigenvalue weighted by atomic mass is 35.5. The van der Waals surface area contributed by atoms with Crippen LogP contribution in [0.1, 0.15) is 30.5 Å². The Morgan fingerprint density at radius 2 is 2.43 bits per heavy atom. The van der Waals surface area contributed by atoms with Crippen molar-refractivity contribution in [3.8, 4) is 0 Å². The van der Waals surface area contributed by atoms with Gasteiger partial charge in [0.25, 0.3) is 0 Å². The van der Waals surface area contributed by atoms with Crippen LogP contribution in [0.25, 0.3) is 0 Å². The van der Waals surface area contributed by atoms with Crippen LogP contribution in [0, 0.1) is 6.92 Å². The molecular weight excluding hydrogens is 216 g/mol. The lowest BCUT2D eigenvalue weighted by Gasteiger charge is -2.06. The summed E-state index contributed by atoms with van der Waals surface area (Å²) in [6.45, 7) is 5.97. The summed E-state index contributed by atoms with van der Waals surface area (Å²) >= 11 is 7.71. The average molecular weight is 233 g/mol. The van der Waals surface area contributed by atoms with Gasteiger partial charge in [0.1, 0.15) is 5.01 Å². The molecule has 0 aliphatic carbocycles. The number of nitrogens with one attached hydrogen (secondary N) is 1. The maximum Gasteiger partial charge on any atom is 0.107 e. The minimum absolute atomic E-state index is 0.306. The number of hydrogen-bond donors (Lipinski definition) is 1. The molecule has 4 heteroatoms. The minimum Gasteiger partial charge on any atom is -0.310 e. The van der Waals surface area contributed by atoms with E-state index in [2.05, 4.69) is 22.6 Å². The third kappa shape index (κ3) is 4.40. The van der Waals surface area contributed by atoms with Crippen LogP contribution in [0.2, 0.25) is 0 Å². The summed E-state index contributed by atoms with van der Waals surface area (Å²) in [5.74, 6) is 0. The molecule has 0 aliphatic rings. The fourth-order valence-electron chi connectivity index (χ4n) is 1.14. The molecule has 14 heavy (non-hydrogen) atoms. The molecule has 0 bridgehead atoms. The summed E-state index contributed by atoms with van der Waals surface area (Å²) in [6, 6.07) is 0. The maximum atomic E-state index is 6.00. The average Bonchev–Trinajstić information content (AvgIpc) is 2.58. The maximum absolute atomic E-state index is 6.00. The van der Waals surface area contributed by atoms with E-state index in [1.807, 2.05) is 6.92 Å². The van der Waals surface area contributed by atoms with Crippen LogP contribution in [0.5, 0.6) is 0 Å². The Labute approximate surface area is 94.7 Å². The number of aromatic nitrogens is 1. The van der Waals surface area contributed by atoms with Gasteiger partial charge in [0.2, 0.25) is 0 Å². The third-order valence-corrected chi connectivity index (χ3v) is 3.51. The van der Waals surface area contributed by atoms with Gasteiger partial charge in [-0.05, 0) is 26.3 Å². The quantitative estimate of drug-likeness (QED) is 0.603. The van der Waals surface area contributed by atoms with Gasteiger partial charge >= 0.3 is 0 Å². The normalized spacial score (nSPS) is 13.1. The summed E-state index contributed by atoms with van der Waals surface area (Å²) in [6.07, 6.45) is 2.07. The first-order valence-electron chi connectivity index (χ1n) is 4.98. The monoisotopic (exact) mass is 232 g/mol. The molecule has 1 rings (SSSR count). The number of nitrogens with zero attached hydrogens (tertiary/aromatic N) is 1. The Balaban J connectivity index is 2.10. The Morgan fingerprint density at radius 1 is 1.64 bits per heavy atom. The lowest BCUT2D eigenvalue weighted by Crippen LogP contribution is -2.17. The van der Waals surface area contributed by atoms with Crippen LogP contribution in [-0.2, 0) is 6.54 Å². The van der Waals surface area contributed by atoms with Gasteiger partial charge in [-0.1, -0.05) is 6.92 Å². The second kappa shape index (κ2) is 6.38. The molecule has 1 unspecified atom stereocenters. The molecule has 80 valence electrons. The summed E-state index contributed by atoms with van der Waals surface area (Å²) in [7, 11) is 0. The molecule has 1 aromatic rings. The highest BCUT2D eigenvalue weighted by molar-refractivity contribution is 7.09. The van der Waals surface area contributed by atoms with Crippen molar-refractivity contribution >= 4 is 22.9 Å². The lowest BCUT2D eigenvalue weighted by atomic mass is 10.2. The number of rotatable bonds is 6. The topological polar surface area (TPSA) is 24.9 Å². The number of alkyl halides is 1. The van der Waals surface area contributed by atoms with E-state index in [0.717, 1.165) is 36.6 Å². The zero-order chi connectivity index (χ0) is 10.4. The van der Waals surface area contributed by atoms with Crippen LogP contribution >= 0.6 is 22.9 Å². The van der Waals surface area contributed by atoms with Gasteiger partial charge in [-0.25, -0.2) is 4.98 Å². The molecule has 1 heterocycles. The first-order valence-corrected chi connectivity index (χ1v) is 6.29. The second-order valence-electron chi connectivity index (χ2n) is 3.35. The SMILES string of the molecule is CCC(Cl)CCNCc1nc(C)cs1. The highest BCUT2D eigenvalue weighted by Gasteiger charge is 2.01. The van der Waals surface area contributed by atoms with E-state index in [4.69, 9.17) is 11.6 Å². The van der Waals surface area contributed by atoms with Crippen molar-refractivity contribution in [2.24, 2.45) is 0 Å². The van der Waals surface area contributed by atoms with Crippen LogP contribution in [0.15, 0.2) is 5.38 Å². The standard InChI is InChI=1S/C10H17ClN2S/c1-3-9(11)4-5-12-6-10-13-8(2)7-14-10/h7,9,12H,3-6H2,1-2H3. The zero-order valence-electron chi connectivity index (χ0n) is 8.72. The molecule has 0 saturated carbocycles. The van der Waals surface area contributed by atoms with Gasteiger partial charge in [-0.15, -0.1) is 22.9 Å². The first-order chi connectivity index (χ1) is 6.72. The zero-order valence-corrected chi connectivity index (χ0v) is 10.3. The number of halogens is 1. The van der Waals surface area contributed by atoms with Crippen molar-refractivity contribution < 1.29 is 0 Å². The van der Waals surface area contributed by atoms with E-state index in [0.29, 0.717) is 5.38 Å². The largest absolute Gasteiger partial charge is 0.310 e. The Morgan fingerprint density at radius 3 is 3.00 bits per heavy atom. The van der Waals surface area contributed by atoms with Crippen molar-refractivity contribution in [3.63, 3.8) is 0 Å². The van der Waals surface area contributed by atoms with Crippen molar-refractivity contribution in [3.05, 3.63) is 16.1 Å². The summed E-state index contributed by atoms with van der Waals surface area (Å²) in [5, 5.41) is 6.88. The van der Waals surface area contributed by atoms with Gasteiger partial charge in [-0.2, -0.15) is 0 Å². The predicted octanol–water partition coefficient (Wildman–Crippen LogP) is 2.95. The van der Waals surface area contributed by atoms with E-state index in [1.54, 1.807) is 11.3 Å². The smallest absolute Gasteiger partial charge is 0.107 e. The highest BCUT2D eigenvalue weighted by Crippen LogP contribution is 2.08. The van der Waals surface area contributed by atoms with Gasteiger partial charge < -0.3 is 5.32 Å². The molecule has 1 N–H and O–H groups in total. The Hall–Kier alpha value is -0.120. The molecule has 0 fully saturated rings. The van der Waals surface area contributed by atoms with Crippen molar-refractivity contribution in [2.75, 3.05) is 6.54 Å². The molecule has 1 aromatic heterocycles. The first kappa shape index (κ1) is 12.0. The summed E-state index contributed by atoms with van der Waals surface area (Å²) < 4.78 is 0. The lowest BCUT2D eigenvalue weighted by molar-refractivity contribution is 0.620. The van der Waals surface area contributed by atoms with Crippen LogP contribution in [0.4, 0.5) is 0 Å². The van der Waals surface area contributed by atoms with E-state index >= 15 is 0 Å². The molecule has 0 aromatic carbocycles. The van der Waals surface area contributed by atoms with Gasteiger partial charge in [-0.3, -0.25) is 0 Å². The van der Waals surface area contributed by atoms with E-state index in [9.17, 15) is 0 Å². The molecule has 1 atom stereocenters. The summed E-state index contributed by atoms with van der Waals surface area (Å²) in [5.41, 5.74) is 1.11. The minimum atomic E-state index is 0.306. The number of thiazole rings is 1. The van der Waals surface area contributed by atoms with Crippen molar-refractivity contribution in [1.29, 1.82) is 0 Å². The molecular formula is C10H17ClN2S. The number of aryl methyl sites for hydroxylation is 1. The molecule has 0 spiro atoms. The fourth-order valence-corrected chi connectivity index (χ4v) is 1.99. The predicted molar refractivity (Wildman–Crippen MR) is 63.1 cm³/mol. The van der Waals surface area contributed by atoms with Gasteiger partial charge in [0, 0.05) is 23.0 Å². The molecule has 0 radical (unpaired) electrons. The van der Waals surface area contributed by atoms with Crippen LogP contribution in [-0.4, -0.2) is 16.9 Å². The number of hydrogen-bond acceptors (Lipinski definition) is 3. The molecule has 2 nitrogen and oxygen atoms in total. The second-order valence-corrected chi connectivity index (χ2v) is 4.91. The molecule has 0 aliphatic heterocycles. The van der Waals surface area contributed by atoms with Crippen molar-refractivity contribution in [1.82, 2.24) is 10.3 Å². The third-order valence-electron chi connectivity index (χ3n) is 2.02. The van der Waals surface area contributed by atoms with Gasteiger partial charge in [0.05, 0.1) is 0 Å². The Bertz CT molecular complexity index is 262. The van der Waals surface area contributed by atoms with Crippen LogP contribution < -0.4 is 5.32 Å². The van der Waals surface area contributed by atoms with E-state index < -0.39 is 0 Å².